The molecule has 0 unspecified atom stereocenters. The second-order valence-electron chi connectivity index (χ2n) is 3.89. The average Bonchev–Trinajstić information content (AvgIpc) is 2.41. The molecule has 0 aromatic heterocycles. The van der Waals surface area contributed by atoms with Gasteiger partial charge >= 0.3 is 0 Å². The minimum absolute atomic E-state index is 0.241. The molecule has 0 aliphatic rings. The van der Waals surface area contributed by atoms with Gasteiger partial charge in [-0.2, -0.15) is 0 Å². The van der Waals surface area contributed by atoms with E-state index < -0.39 is 10.0 Å². The van der Waals surface area contributed by atoms with Gasteiger partial charge in [0.2, 0.25) is 0 Å². The molecule has 0 saturated heterocycles. The van der Waals surface area contributed by atoms with Gasteiger partial charge in [0.05, 0.1) is 4.90 Å². The van der Waals surface area contributed by atoms with Gasteiger partial charge in [-0.15, -0.1) is 0 Å². The molecular weight excluding hydrogens is 375 g/mol. The fraction of sp³-hybridized carbons (Fsp3) is 0.0769. The number of anilines is 2. The Labute approximate surface area is 126 Å². The van der Waals surface area contributed by atoms with E-state index in [1.54, 1.807) is 43.4 Å². The summed E-state index contributed by atoms with van der Waals surface area (Å²) >= 11 is 2.17. The molecule has 0 saturated carbocycles. The zero-order valence-electron chi connectivity index (χ0n) is 10.2. The number of hydrogen-bond donors (Lipinski definition) is 2. The average molecular weight is 388 g/mol. The summed E-state index contributed by atoms with van der Waals surface area (Å²) in [5.41, 5.74) is 1.42. The Hall–Kier alpha value is -1.28. The first kappa shape index (κ1) is 14.1. The first-order chi connectivity index (χ1) is 9.01. The molecule has 100 valence electrons. The van der Waals surface area contributed by atoms with E-state index >= 15 is 0 Å². The Morgan fingerprint density at radius 1 is 0.895 bits per heavy atom. The molecular formula is C13H13IN2O2S. The predicted octanol–water partition coefficient (Wildman–Crippen LogP) is 3.13. The molecule has 2 aromatic rings. The van der Waals surface area contributed by atoms with Gasteiger partial charge < -0.3 is 5.32 Å². The molecule has 0 heterocycles. The highest BCUT2D eigenvalue weighted by Crippen LogP contribution is 2.18. The maximum Gasteiger partial charge on any atom is 0.261 e. The highest BCUT2D eigenvalue weighted by atomic mass is 127. The number of benzene rings is 2. The predicted molar refractivity (Wildman–Crippen MR) is 86.0 cm³/mol. The fourth-order valence-electron chi connectivity index (χ4n) is 1.53. The van der Waals surface area contributed by atoms with E-state index in [0.717, 1.165) is 9.26 Å². The van der Waals surface area contributed by atoms with Crippen LogP contribution in [-0.4, -0.2) is 15.5 Å². The second-order valence-corrected chi connectivity index (χ2v) is 6.81. The summed E-state index contributed by atoms with van der Waals surface area (Å²) in [7, 11) is -1.75. The van der Waals surface area contributed by atoms with Crippen LogP contribution in [0.4, 0.5) is 11.4 Å². The molecule has 0 bridgehead atoms. The normalized spacial score (nSPS) is 11.1. The van der Waals surface area contributed by atoms with Gasteiger partial charge in [0.25, 0.3) is 10.0 Å². The highest BCUT2D eigenvalue weighted by molar-refractivity contribution is 14.1. The number of rotatable bonds is 4. The topological polar surface area (TPSA) is 58.2 Å². The van der Waals surface area contributed by atoms with Gasteiger partial charge in [-0.1, -0.05) is 0 Å². The molecule has 2 N–H and O–H groups in total. The number of hydrogen-bond acceptors (Lipinski definition) is 3. The van der Waals surface area contributed by atoms with Crippen molar-refractivity contribution in [1.82, 2.24) is 0 Å². The third kappa shape index (κ3) is 3.60. The van der Waals surface area contributed by atoms with Crippen LogP contribution in [-0.2, 0) is 10.0 Å². The molecule has 0 fully saturated rings. The summed E-state index contributed by atoms with van der Waals surface area (Å²) in [5.74, 6) is 0. The maximum atomic E-state index is 12.2. The number of nitrogens with one attached hydrogen (secondary N) is 2. The Bertz CT molecular complexity index is 652. The maximum absolute atomic E-state index is 12.2. The van der Waals surface area contributed by atoms with Crippen LogP contribution in [0.15, 0.2) is 53.4 Å². The van der Waals surface area contributed by atoms with Crippen LogP contribution in [0.3, 0.4) is 0 Å². The van der Waals surface area contributed by atoms with Crippen LogP contribution in [0.2, 0.25) is 0 Å². The van der Waals surface area contributed by atoms with Crippen molar-refractivity contribution >= 4 is 44.0 Å². The van der Waals surface area contributed by atoms with Crippen LogP contribution >= 0.6 is 22.6 Å². The smallest absolute Gasteiger partial charge is 0.261 e. The lowest BCUT2D eigenvalue weighted by molar-refractivity contribution is 0.601. The summed E-state index contributed by atoms with van der Waals surface area (Å²) in [6.07, 6.45) is 0. The van der Waals surface area contributed by atoms with Crippen molar-refractivity contribution < 1.29 is 8.42 Å². The van der Waals surface area contributed by atoms with Gasteiger partial charge in [-0.05, 0) is 71.1 Å². The van der Waals surface area contributed by atoms with Gasteiger partial charge in [0.1, 0.15) is 0 Å². The molecule has 19 heavy (non-hydrogen) atoms. The number of sulfonamides is 1. The van der Waals surface area contributed by atoms with Crippen molar-refractivity contribution in [3.05, 3.63) is 52.1 Å². The van der Waals surface area contributed by atoms with Crippen LogP contribution in [0, 0.1) is 3.57 Å². The van der Waals surface area contributed by atoms with Crippen LogP contribution < -0.4 is 10.0 Å². The van der Waals surface area contributed by atoms with E-state index in [9.17, 15) is 8.42 Å². The van der Waals surface area contributed by atoms with Crippen LogP contribution in [0.1, 0.15) is 0 Å². The van der Waals surface area contributed by atoms with Crippen LogP contribution in [0.5, 0.6) is 0 Å². The second kappa shape index (κ2) is 5.79. The largest absolute Gasteiger partial charge is 0.388 e. The summed E-state index contributed by atoms with van der Waals surface area (Å²) < 4.78 is 27.9. The molecule has 2 aromatic carbocycles. The highest BCUT2D eigenvalue weighted by Gasteiger charge is 2.13. The van der Waals surface area contributed by atoms with Crippen molar-refractivity contribution in [2.24, 2.45) is 0 Å². The summed E-state index contributed by atoms with van der Waals surface area (Å²) in [5, 5.41) is 2.95. The minimum Gasteiger partial charge on any atom is -0.388 e. The zero-order chi connectivity index (χ0) is 13.9. The van der Waals surface area contributed by atoms with E-state index in [-0.39, 0.29) is 4.90 Å². The Kier molecular flexibility index (Phi) is 4.31. The van der Waals surface area contributed by atoms with E-state index in [1.807, 2.05) is 12.1 Å². The molecule has 0 radical (unpaired) electrons. The molecule has 0 amide bonds. The Balaban J connectivity index is 2.24. The van der Waals surface area contributed by atoms with Crippen molar-refractivity contribution in [3.8, 4) is 0 Å². The standard InChI is InChI=1S/C13H13IN2O2S/c1-15-11-6-8-13(9-7-11)19(17,18)16-12-4-2-10(14)3-5-12/h2-9,15-16H,1H3. The summed E-state index contributed by atoms with van der Waals surface area (Å²) in [6, 6.07) is 13.8. The lowest BCUT2D eigenvalue weighted by Crippen LogP contribution is -2.12. The fourth-order valence-corrected chi connectivity index (χ4v) is 2.95. The quantitative estimate of drug-likeness (QED) is 0.792. The van der Waals surface area contributed by atoms with Gasteiger partial charge in [-0.25, -0.2) is 8.42 Å². The molecule has 0 aliphatic heterocycles. The van der Waals surface area contributed by atoms with E-state index in [2.05, 4.69) is 32.6 Å². The Morgan fingerprint density at radius 2 is 1.42 bits per heavy atom. The van der Waals surface area contributed by atoms with Gasteiger partial charge in [0, 0.05) is 22.0 Å². The van der Waals surface area contributed by atoms with E-state index in [4.69, 9.17) is 0 Å². The van der Waals surface area contributed by atoms with E-state index in [0.29, 0.717) is 5.69 Å². The van der Waals surface area contributed by atoms with Crippen molar-refractivity contribution in [1.29, 1.82) is 0 Å². The molecule has 6 heteroatoms. The van der Waals surface area contributed by atoms with Gasteiger partial charge in [-0.3, -0.25) is 4.72 Å². The third-order valence-corrected chi connectivity index (χ3v) is 4.67. The van der Waals surface area contributed by atoms with Gasteiger partial charge in [0.15, 0.2) is 0 Å². The molecule has 0 aliphatic carbocycles. The first-order valence-corrected chi connectivity index (χ1v) is 8.14. The Morgan fingerprint density at radius 3 is 1.95 bits per heavy atom. The van der Waals surface area contributed by atoms with Crippen molar-refractivity contribution in [2.45, 2.75) is 4.90 Å². The minimum atomic E-state index is -3.53. The van der Waals surface area contributed by atoms with Crippen LogP contribution in [0.25, 0.3) is 0 Å². The molecule has 4 nitrogen and oxygen atoms in total. The molecule has 0 spiro atoms. The third-order valence-electron chi connectivity index (χ3n) is 2.55. The summed E-state index contributed by atoms with van der Waals surface area (Å²) in [6.45, 7) is 0. The first-order valence-electron chi connectivity index (χ1n) is 5.57. The number of halogens is 1. The van der Waals surface area contributed by atoms with Crippen molar-refractivity contribution in [3.63, 3.8) is 0 Å². The van der Waals surface area contributed by atoms with E-state index in [1.165, 1.54) is 0 Å². The lowest BCUT2D eigenvalue weighted by Gasteiger charge is -2.08. The lowest BCUT2D eigenvalue weighted by atomic mass is 10.3. The SMILES string of the molecule is CNc1ccc(S(=O)(=O)Nc2ccc(I)cc2)cc1. The molecule has 0 atom stereocenters. The van der Waals surface area contributed by atoms with Crippen molar-refractivity contribution in [2.75, 3.05) is 17.1 Å². The zero-order valence-corrected chi connectivity index (χ0v) is 13.2. The molecule has 2 rings (SSSR count). The summed E-state index contributed by atoms with van der Waals surface area (Å²) in [4.78, 5) is 0.241. The monoisotopic (exact) mass is 388 g/mol.